The molecule has 0 heterocycles. The van der Waals surface area contributed by atoms with Gasteiger partial charge in [0.05, 0.1) is 12.0 Å². The molecule has 14 heavy (non-hydrogen) atoms. The molecule has 0 saturated heterocycles. The van der Waals surface area contributed by atoms with Crippen LogP contribution < -0.4 is 0 Å². The first kappa shape index (κ1) is 11.8. The van der Waals surface area contributed by atoms with Crippen molar-refractivity contribution in [3.8, 4) is 0 Å². The molecule has 0 amide bonds. The van der Waals surface area contributed by atoms with E-state index in [0.717, 1.165) is 0 Å². The first-order chi connectivity index (χ1) is 6.53. The van der Waals surface area contributed by atoms with Gasteiger partial charge in [0, 0.05) is 0 Å². The molecule has 0 spiro atoms. The SMILES string of the molecule is C[Si](C)(C)OC(CCl)c1ccccc1. The quantitative estimate of drug-likeness (QED) is 0.563. The van der Waals surface area contributed by atoms with Gasteiger partial charge < -0.3 is 4.43 Å². The second kappa shape index (κ2) is 4.96. The van der Waals surface area contributed by atoms with Crippen LogP contribution in [-0.4, -0.2) is 14.2 Å². The molecule has 1 rings (SSSR count). The molecule has 0 radical (unpaired) electrons. The topological polar surface area (TPSA) is 9.23 Å². The number of hydrogen-bond donors (Lipinski definition) is 0. The Morgan fingerprint density at radius 1 is 1.21 bits per heavy atom. The number of halogens is 1. The third-order valence-electron chi connectivity index (χ3n) is 1.81. The molecular formula is C11H17ClOSi. The van der Waals surface area contributed by atoms with E-state index in [0.29, 0.717) is 5.88 Å². The first-order valence-corrected chi connectivity index (χ1v) is 8.76. The molecule has 1 unspecified atom stereocenters. The van der Waals surface area contributed by atoms with Crippen LogP contribution in [0.3, 0.4) is 0 Å². The van der Waals surface area contributed by atoms with E-state index in [1.165, 1.54) is 5.56 Å². The molecule has 0 aliphatic carbocycles. The minimum atomic E-state index is -1.51. The zero-order valence-corrected chi connectivity index (χ0v) is 10.7. The molecule has 0 aromatic heterocycles. The lowest BCUT2D eigenvalue weighted by molar-refractivity contribution is 0.222. The summed E-state index contributed by atoms with van der Waals surface area (Å²) in [5, 5.41) is 0. The Morgan fingerprint density at radius 3 is 2.21 bits per heavy atom. The molecule has 1 aromatic rings. The lowest BCUT2D eigenvalue weighted by Crippen LogP contribution is -2.28. The summed E-state index contributed by atoms with van der Waals surface area (Å²) in [6, 6.07) is 10.2. The van der Waals surface area contributed by atoms with E-state index in [9.17, 15) is 0 Å². The third kappa shape index (κ3) is 3.82. The molecule has 0 fully saturated rings. The minimum absolute atomic E-state index is 0.0459. The van der Waals surface area contributed by atoms with Crippen molar-refractivity contribution in [3.05, 3.63) is 35.9 Å². The number of benzene rings is 1. The predicted molar refractivity (Wildman–Crippen MR) is 64.3 cm³/mol. The largest absolute Gasteiger partial charge is 0.410 e. The van der Waals surface area contributed by atoms with Gasteiger partial charge in [-0.05, 0) is 25.2 Å². The summed E-state index contributed by atoms with van der Waals surface area (Å²) in [6.07, 6.45) is 0.0459. The van der Waals surface area contributed by atoms with E-state index in [2.05, 4.69) is 31.8 Å². The van der Waals surface area contributed by atoms with Crippen LogP contribution in [0.4, 0.5) is 0 Å². The van der Waals surface area contributed by atoms with Crippen LogP contribution in [0, 0.1) is 0 Å². The summed E-state index contributed by atoms with van der Waals surface area (Å²) in [5.74, 6) is 0.522. The molecule has 0 N–H and O–H groups in total. The van der Waals surface area contributed by atoms with Crippen LogP contribution in [0.25, 0.3) is 0 Å². The van der Waals surface area contributed by atoms with Crippen molar-refractivity contribution in [2.24, 2.45) is 0 Å². The van der Waals surface area contributed by atoms with Gasteiger partial charge in [-0.2, -0.15) is 0 Å². The lowest BCUT2D eigenvalue weighted by atomic mass is 10.1. The van der Waals surface area contributed by atoms with Crippen LogP contribution in [0.15, 0.2) is 30.3 Å². The summed E-state index contributed by atoms with van der Waals surface area (Å²) in [7, 11) is -1.51. The Morgan fingerprint density at radius 2 is 1.79 bits per heavy atom. The van der Waals surface area contributed by atoms with E-state index >= 15 is 0 Å². The maximum Gasteiger partial charge on any atom is 0.184 e. The van der Waals surface area contributed by atoms with Gasteiger partial charge in [-0.25, -0.2) is 0 Å². The molecule has 0 aliphatic rings. The summed E-state index contributed by atoms with van der Waals surface area (Å²) >= 11 is 5.91. The van der Waals surface area contributed by atoms with Crippen LogP contribution in [-0.2, 0) is 4.43 Å². The van der Waals surface area contributed by atoms with Crippen molar-refractivity contribution in [1.82, 2.24) is 0 Å². The molecule has 1 aromatic carbocycles. The lowest BCUT2D eigenvalue weighted by Gasteiger charge is -2.25. The highest BCUT2D eigenvalue weighted by Crippen LogP contribution is 2.23. The molecular weight excluding hydrogens is 212 g/mol. The van der Waals surface area contributed by atoms with Gasteiger partial charge in [0.25, 0.3) is 0 Å². The van der Waals surface area contributed by atoms with Crippen molar-refractivity contribution in [3.63, 3.8) is 0 Å². The van der Waals surface area contributed by atoms with Crippen molar-refractivity contribution in [2.45, 2.75) is 25.7 Å². The van der Waals surface area contributed by atoms with E-state index in [1.54, 1.807) is 0 Å². The molecule has 0 aliphatic heterocycles. The second-order valence-corrected chi connectivity index (χ2v) is 9.05. The monoisotopic (exact) mass is 228 g/mol. The van der Waals surface area contributed by atoms with Crippen molar-refractivity contribution in [1.29, 1.82) is 0 Å². The van der Waals surface area contributed by atoms with Gasteiger partial charge in [-0.3, -0.25) is 0 Å². The van der Waals surface area contributed by atoms with E-state index < -0.39 is 8.32 Å². The minimum Gasteiger partial charge on any atom is -0.410 e. The molecule has 0 saturated carbocycles. The van der Waals surface area contributed by atoms with Crippen molar-refractivity contribution in [2.75, 3.05) is 5.88 Å². The van der Waals surface area contributed by atoms with Crippen molar-refractivity contribution >= 4 is 19.9 Å². The summed E-state index contributed by atoms with van der Waals surface area (Å²) in [5.41, 5.74) is 1.17. The van der Waals surface area contributed by atoms with Gasteiger partial charge in [-0.15, -0.1) is 11.6 Å². The van der Waals surface area contributed by atoms with Gasteiger partial charge in [0.2, 0.25) is 0 Å². The number of alkyl halides is 1. The fourth-order valence-electron chi connectivity index (χ4n) is 1.28. The van der Waals surface area contributed by atoms with Gasteiger partial charge in [0.15, 0.2) is 8.32 Å². The highest BCUT2D eigenvalue weighted by atomic mass is 35.5. The highest BCUT2D eigenvalue weighted by molar-refractivity contribution is 6.69. The van der Waals surface area contributed by atoms with Gasteiger partial charge >= 0.3 is 0 Å². The first-order valence-electron chi connectivity index (χ1n) is 4.81. The Bertz CT molecular complexity index is 268. The van der Waals surface area contributed by atoms with Crippen molar-refractivity contribution < 1.29 is 4.43 Å². The fraction of sp³-hybridized carbons (Fsp3) is 0.455. The maximum absolute atomic E-state index is 5.98. The number of rotatable bonds is 4. The predicted octanol–water partition coefficient (Wildman–Crippen LogP) is 3.82. The van der Waals surface area contributed by atoms with Crippen LogP contribution in [0.2, 0.25) is 19.6 Å². The average Bonchev–Trinajstić information content (AvgIpc) is 2.14. The number of hydrogen-bond acceptors (Lipinski definition) is 1. The highest BCUT2D eigenvalue weighted by Gasteiger charge is 2.21. The summed E-state index contributed by atoms with van der Waals surface area (Å²) in [4.78, 5) is 0. The Balaban J connectivity index is 2.73. The van der Waals surface area contributed by atoms with E-state index in [-0.39, 0.29) is 6.10 Å². The van der Waals surface area contributed by atoms with Gasteiger partial charge in [0.1, 0.15) is 0 Å². The summed E-state index contributed by atoms with van der Waals surface area (Å²) in [6.45, 7) is 6.53. The molecule has 1 nitrogen and oxygen atoms in total. The van der Waals surface area contributed by atoms with E-state index in [4.69, 9.17) is 16.0 Å². The maximum atomic E-state index is 5.98. The average molecular weight is 229 g/mol. The molecule has 1 atom stereocenters. The van der Waals surface area contributed by atoms with Crippen LogP contribution >= 0.6 is 11.6 Å². The van der Waals surface area contributed by atoms with Crippen LogP contribution in [0.1, 0.15) is 11.7 Å². The molecule has 3 heteroatoms. The van der Waals surface area contributed by atoms with E-state index in [1.807, 2.05) is 18.2 Å². The molecule has 78 valence electrons. The van der Waals surface area contributed by atoms with Crippen LogP contribution in [0.5, 0.6) is 0 Å². The molecule has 0 bridgehead atoms. The Kier molecular flexibility index (Phi) is 4.17. The standard InChI is InChI=1S/C11H17ClOSi/c1-14(2,3)13-11(9-12)10-7-5-4-6-8-10/h4-8,11H,9H2,1-3H3. The second-order valence-electron chi connectivity index (χ2n) is 4.28. The fourth-order valence-corrected chi connectivity index (χ4v) is 2.70. The Hall–Kier alpha value is -0.313. The van der Waals surface area contributed by atoms with Gasteiger partial charge in [-0.1, -0.05) is 30.3 Å². The third-order valence-corrected chi connectivity index (χ3v) is 3.08. The zero-order valence-electron chi connectivity index (χ0n) is 8.96. The zero-order chi connectivity index (χ0) is 10.6. The smallest absolute Gasteiger partial charge is 0.184 e. The Labute approximate surface area is 92.2 Å². The summed E-state index contributed by atoms with van der Waals surface area (Å²) < 4.78 is 5.98. The normalized spacial score (nSPS) is 14.0.